The summed E-state index contributed by atoms with van der Waals surface area (Å²) in [6, 6.07) is 6.32. The minimum Gasteiger partial charge on any atom is -0.390 e. The molecule has 5 saturated carbocycles. The summed E-state index contributed by atoms with van der Waals surface area (Å²) < 4.78 is 13.2. The number of hydrogen-bond donors (Lipinski definition) is 2. The molecule has 0 heterocycles. The van der Waals surface area contributed by atoms with Gasteiger partial charge in [-0.25, -0.2) is 4.39 Å². The fourth-order valence-corrected chi connectivity index (χ4v) is 9.52. The number of hydrogen-bond acceptors (Lipinski definition) is 3. The number of benzene rings is 1. The molecule has 5 fully saturated rings. The van der Waals surface area contributed by atoms with E-state index in [0.29, 0.717) is 24.2 Å². The van der Waals surface area contributed by atoms with Crippen molar-refractivity contribution < 1.29 is 14.3 Å². The molecule has 0 bridgehead atoms. The summed E-state index contributed by atoms with van der Waals surface area (Å²) >= 11 is 0. The van der Waals surface area contributed by atoms with Gasteiger partial charge in [0.05, 0.1) is 12.1 Å². The van der Waals surface area contributed by atoms with Crippen LogP contribution in [0.4, 0.5) is 10.1 Å². The maximum Gasteiger partial charge on any atom is 0.155 e. The van der Waals surface area contributed by atoms with Gasteiger partial charge in [-0.2, -0.15) is 0 Å². The number of carbonyl (C=O) groups excluding carboxylic acids is 1. The van der Waals surface area contributed by atoms with E-state index in [-0.39, 0.29) is 17.2 Å². The van der Waals surface area contributed by atoms with Crippen molar-refractivity contribution in [1.82, 2.24) is 0 Å². The third kappa shape index (κ3) is 3.27. The summed E-state index contributed by atoms with van der Waals surface area (Å²) in [6.45, 7) is 4.84. The van der Waals surface area contributed by atoms with Gasteiger partial charge in [0, 0.05) is 11.6 Å². The molecule has 1 aromatic carbocycles. The summed E-state index contributed by atoms with van der Waals surface area (Å²) in [7, 11) is 0. The summed E-state index contributed by atoms with van der Waals surface area (Å²) in [6.07, 6.45) is 9.44. The normalized spacial score (nSPS) is 48.8. The van der Waals surface area contributed by atoms with E-state index in [4.69, 9.17) is 0 Å². The smallest absolute Gasteiger partial charge is 0.155 e. The first-order chi connectivity index (χ1) is 15.3. The Hall–Kier alpha value is -1.42. The number of ketones is 1. The monoisotopic (exact) mass is 439 g/mol. The fourth-order valence-electron chi connectivity index (χ4n) is 9.52. The standard InChI is InChI=1S/C28H38FNO2/c1-27(32)11-9-19-16(14-27)3-8-21-20(19)10-12-28(2)25(21)22-13-23(22)26(28)24(31)15-30-18-6-4-17(29)5-7-18/h4-7,16,19-23,25-26,30,32H,3,8-15H2,1-2H3/t16-,19+,20-,21-,22-,23+,25?,26-,27-,28+/m1/s1. The van der Waals surface area contributed by atoms with Crippen LogP contribution in [0, 0.1) is 58.6 Å². The molecule has 0 saturated heterocycles. The van der Waals surface area contributed by atoms with Crippen LogP contribution in [0.15, 0.2) is 24.3 Å². The number of nitrogens with one attached hydrogen (secondary N) is 1. The van der Waals surface area contributed by atoms with E-state index in [0.717, 1.165) is 48.1 Å². The first-order valence-electron chi connectivity index (χ1n) is 13.0. The van der Waals surface area contributed by atoms with Gasteiger partial charge in [-0.05, 0) is 129 Å². The number of anilines is 1. The molecule has 6 rings (SSSR count). The second-order valence-electron chi connectivity index (χ2n) is 12.5. The number of Topliss-reactive ketones (excluding diaryl/α,β-unsaturated/α-hetero) is 1. The molecule has 0 spiro atoms. The summed E-state index contributed by atoms with van der Waals surface area (Å²) in [4.78, 5) is 13.5. The van der Waals surface area contributed by atoms with Crippen LogP contribution >= 0.6 is 0 Å². The lowest BCUT2D eigenvalue weighted by Crippen LogP contribution is -2.52. The predicted octanol–water partition coefficient (Wildman–Crippen LogP) is 5.68. The Morgan fingerprint density at radius 3 is 2.53 bits per heavy atom. The van der Waals surface area contributed by atoms with Crippen LogP contribution in [0.1, 0.15) is 65.2 Å². The lowest BCUT2D eigenvalue weighted by Gasteiger charge is -2.57. The molecule has 5 aliphatic rings. The van der Waals surface area contributed by atoms with Crippen LogP contribution in [0.3, 0.4) is 0 Å². The molecule has 174 valence electrons. The molecule has 2 N–H and O–H groups in total. The van der Waals surface area contributed by atoms with Crippen LogP contribution in [-0.4, -0.2) is 23.0 Å². The number of carbonyl (C=O) groups is 1. The molecule has 0 amide bonds. The summed E-state index contributed by atoms with van der Waals surface area (Å²) in [5, 5.41) is 13.9. The van der Waals surface area contributed by atoms with Crippen LogP contribution in [-0.2, 0) is 4.79 Å². The van der Waals surface area contributed by atoms with Crippen LogP contribution in [0.5, 0.6) is 0 Å². The molecule has 4 heteroatoms. The van der Waals surface area contributed by atoms with Crippen molar-refractivity contribution in [3.05, 3.63) is 30.1 Å². The lowest BCUT2D eigenvalue weighted by atomic mass is 9.48. The van der Waals surface area contributed by atoms with Gasteiger partial charge < -0.3 is 10.4 Å². The molecule has 1 unspecified atom stereocenters. The predicted molar refractivity (Wildman–Crippen MR) is 123 cm³/mol. The van der Waals surface area contributed by atoms with E-state index < -0.39 is 5.60 Å². The third-order valence-electron chi connectivity index (χ3n) is 10.7. The zero-order valence-electron chi connectivity index (χ0n) is 19.5. The molecule has 0 aliphatic heterocycles. The quantitative estimate of drug-likeness (QED) is 0.634. The topological polar surface area (TPSA) is 49.3 Å². The van der Waals surface area contributed by atoms with E-state index in [9.17, 15) is 14.3 Å². The van der Waals surface area contributed by atoms with Crippen molar-refractivity contribution in [3.63, 3.8) is 0 Å². The Morgan fingerprint density at radius 1 is 1.00 bits per heavy atom. The fraction of sp³-hybridized carbons (Fsp3) is 0.750. The second-order valence-corrected chi connectivity index (χ2v) is 12.5. The molecule has 0 aromatic heterocycles. The Morgan fingerprint density at radius 2 is 1.75 bits per heavy atom. The number of aliphatic hydroxyl groups is 1. The van der Waals surface area contributed by atoms with Crippen LogP contribution in [0.25, 0.3) is 0 Å². The zero-order chi connectivity index (χ0) is 22.3. The minimum absolute atomic E-state index is 0.156. The molecule has 32 heavy (non-hydrogen) atoms. The molecule has 3 nitrogen and oxygen atoms in total. The molecule has 5 aliphatic carbocycles. The Bertz CT molecular complexity index is 897. The zero-order valence-corrected chi connectivity index (χ0v) is 19.5. The highest BCUT2D eigenvalue weighted by atomic mass is 19.1. The Kier molecular flexibility index (Phi) is 4.81. The van der Waals surface area contributed by atoms with E-state index in [1.807, 2.05) is 6.92 Å². The molecule has 1 aromatic rings. The van der Waals surface area contributed by atoms with Gasteiger partial charge in [0.25, 0.3) is 0 Å². The van der Waals surface area contributed by atoms with Gasteiger partial charge in [-0.15, -0.1) is 0 Å². The largest absolute Gasteiger partial charge is 0.390 e. The van der Waals surface area contributed by atoms with Gasteiger partial charge in [-0.3, -0.25) is 4.79 Å². The summed E-state index contributed by atoms with van der Waals surface area (Å²) in [5.74, 6) is 5.49. The van der Waals surface area contributed by atoms with E-state index in [1.54, 1.807) is 12.1 Å². The average Bonchev–Trinajstić information content (AvgIpc) is 3.46. The van der Waals surface area contributed by atoms with Crippen molar-refractivity contribution in [2.24, 2.45) is 52.8 Å². The second kappa shape index (κ2) is 7.29. The maximum atomic E-state index is 13.5. The van der Waals surface area contributed by atoms with Crippen molar-refractivity contribution in [2.45, 2.75) is 70.8 Å². The molecule has 10 atom stereocenters. The average molecular weight is 440 g/mol. The highest BCUT2D eigenvalue weighted by molar-refractivity contribution is 5.87. The van der Waals surface area contributed by atoms with Crippen LogP contribution in [0.2, 0.25) is 0 Å². The minimum atomic E-state index is -0.457. The molecular weight excluding hydrogens is 401 g/mol. The highest BCUT2D eigenvalue weighted by Crippen LogP contribution is 2.74. The molecular formula is C28H38FNO2. The van der Waals surface area contributed by atoms with E-state index in [1.165, 1.54) is 50.7 Å². The number of rotatable bonds is 4. The van der Waals surface area contributed by atoms with Gasteiger partial charge in [0.15, 0.2) is 5.78 Å². The Balaban J connectivity index is 1.18. The first-order valence-corrected chi connectivity index (χ1v) is 13.0. The van der Waals surface area contributed by atoms with Crippen molar-refractivity contribution in [2.75, 3.05) is 11.9 Å². The first kappa shape index (κ1) is 21.1. The van der Waals surface area contributed by atoms with Gasteiger partial charge in [0.2, 0.25) is 0 Å². The van der Waals surface area contributed by atoms with E-state index in [2.05, 4.69) is 12.2 Å². The van der Waals surface area contributed by atoms with Gasteiger partial charge >= 0.3 is 0 Å². The Labute approximate surface area is 191 Å². The van der Waals surface area contributed by atoms with Crippen molar-refractivity contribution in [3.8, 4) is 0 Å². The summed E-state index contributed by atoms with van der Waals surface area (Å²) in [5.41, 5.74) is 0.520. The number of fused-ring (bicyclic) bond motifs is 7. The van der Waals surface area contributed by atoms with Gasteiger partial charge in [0.1, 0.15) is 5.82 Å². The lowest BCUT2D eigenvalue weighted by molar-refractivity contribution is -0.134. The third-order valence-corrected chi connectivity index (χ3v) is 10.7. The number of halogens is 1. The van der Waals surface area contributed by atoms with Crippen LogP contribution < -0.4 is 5.32 Å². The van der Waals surface area contributed by atoms with Crippen molar-refractivity contribution >= 4 is 11.5 Å². The maximum absolute atomic E-state index is 13.5. The SMILES string of the molecule is C[C@@]1(O)CC[C@H]2[C@H](CC[C@H]3C4[C@@H]5C[C@@H]5[C@H](C(=O)CNc5ccc(F)cc5)[C@@]4(C)CC[C@H]23)C1. The highest BCUT2D eigenvalue weighted by Gasteiger charge is 2.70. The van der Waals surface area contributed by atoms with E-state index >= 15 is 0 Å². The molecule has 0 radical (unpaired) electrons. The van der Waals surface area contributed by atoms with Crippen molar-refractivity contribution in [1.29, 1.82) is 0 Å². The van der Waals surface area contributed by atoms with Gasteiger partial charge in [-0.1, -0.05) is 6.92 Å².